The molecule has 1 aromatic heterocycles. The fraction of sp³-hybridized carbons (Fsp3) is 0.111. The highest BCUT2D eigenvalue weighted by molar-refractivity contribution is 6.11. The van der Waals surface area contributed by atoms with Crippen LogP contribution in [0.1, 0.15) is 42.7 Å². The van der Waals surface area contributed by atoms with Gasteiger partial charge in [-0.05, 0) is 42.0 Å². The Bertz CT molecular complexity index is 1410. The van der Waals surface area contributed by atoms with Gasteiger partial charge in [-0.3, -0.25) is 14.2 Å². The lowest BCUT2D eigenvalue weighted by molar-refractivity contribution is -0.143. The molecule has 176 valence electrons. The molecule has 8 nitrogen and oxygen atoms in total. The first-order valence-corrected chi connectivity index (χ1v) is 10.7. The van der Waals surface area contributed by atoms with E-state index in [9.17, 15) is 19.2 Å². The fourth-order valence-electron chi connectivity index (χ4n) is 3.88. The molecule has 0 saturated heterocycles. The zero-order valence-electron chi connectivity index (χ0n) is 19.1. The summed E-state index contributed by atoms with van der Waals surface area (Å²) < 4.78 is 11.2. The maximum absolute atomic E-state index is 13.3. The van der Waals surface area contributed by atoms with Crippen LogP contribution in [0.3, 0.4) is 0 Å². The quantitative estimate of drug-likeness (QED) is 0.431. The van der Waals surface area contributed by atoms with Gasteiger partial charge < -0.3 is 14.8 Å². The SMILES string of the molecule is COC(=O)c1ccc(C(NC(=O)c2ccccc2)C(=O)OC)c2ccn(C(=O)c3ccccc3)c12. The largest absolute Gasteiger partial charge is 0.467 e. The smallest absolute Gasteiger partial charge is 0.340 e. The molecule has 0 bridgehead atoms. The second-order valence-corrected chi connectivity index (χ2v) is 7.61. The Kier molecular flexibility index (Phi) is 6.73. The van der Waals surface area contributed by atoms with E-state index in [4.69, 9.17) is 9.47 Å². The summed E-state index contributed by atoms with van der Waals surface area (Å²) in [5.74, 6) is -2.20. The lowest BCUT2D eigenvalue weighted by Gasteiger charge is -2.19. The molecule has 0 aliphatic rings. The summed E-state index contributed by atoms with van der Waals surface area (Å²) in [7, 11) is 2.46. The van der Waals surface area contributed by atoms with E-state index in [1.807, 2.05) is 0 Å². The van der Waals surface area contributed by atoms with E-state index in [1.54, 1.807) is 72.8 Å². The Morgan fingerprint density at radius 2 is 1.40 bits per heavy atom. The molecular formula is C27H22N2O6. The van der Waals surface area contributed by atoms with Crippen LogP contribution in [-0.2, 0) is 14.3 Å². The van der Waals surface area contributed by atoms with E-state index in [0.29, 0.717) is 22.1 Å². The first-order valence-electron chi connectivity index (χ1n) is 10.7. The van der Waals surface area contributed by atoms with Crippen LogP contribution in [0.15, 0.2) is 85.1 Å². The van der Waals surface area contributed by atoms with Crippen LogP contribution in [0, 0.1) is 0 Å². The highest BCUT2D eigenvalue weighted by atomic mass is 16.5. The number of nitrogens with one attached hydrogen (secondary N) is 1. The normalized spacial score (nSPS) is 11.5. The van der Waals surface area contributed by atoms with Crippen molar-refractivity contribution in [2.75, 3.05) is 14.2 Å². The van der Waals surface area contributed by atoms with Crippen LogP contribution in [0.4, 0.5) is 0 Å². The van der Waals surface area contributed by atoms with Gasteiger partial charge in [0.2, 0.25) is 0 Å². The summed E-state index contributed by atoms with van der Waals surface area (Å²) in [5, 5.41) is 3.12. The van der Waals surface area contributed by atoms with Crippen molar-refractivity contribution in [3.05, 3.63) is 107 Å². The summed E-state index contributed by atoms with van der Waals surface area (Å²) in [4.78, 5) is 51.4. The van der Waals surface area contributed by atoms with Crippen molar-refractivity contribution in [1.29, 1.82) is 0 Å². The first-order chi connectivity index (χ1) is 17.0. The number of benzene rings is 3. The summed E-state index contributed by atoms with van der Waals surface area (Å²) in [6.07, 6.45) is 1.52. The van der Waals surface area contributed by atoms with Crippen LogP contribution >= 0.6 is 0 Å². The van der Waals surface area contributed by atoms with Gasteiger partial charge in [0.15, 0.2) is 6.04 Å². The summed E-state index contributed by atoms with van der Waals surface area (Å²) >= 11 is 0. The third kappa shape index (κ3) is 4.54. The number of esters is 2. The average molecular weight is 470 g/mol. The maximum Gasteiger partial charge on any atom is 0.340 e. The number of hydrogen-bond acceptors (Lipinski definition) is 6. The number of fused-ring (bicyclic) bond motifs is 1. The van der Waals surface area contributed by atoms with Gasteiger partial charge in [0.25, 0.3) is 11.8 Å². The van der Waals surface area contributed by atoms with Crippen LogP contribution in [-0.4, -0.2) is 42.5 Å². The molecule has 4 aromatic rings. The predicted octanol–water partition coefficient (Wildman–Crippen LogP) is 3.76. The molecule has 1 N–H and O–H groups in total. The van der Waals surface area contributed by atoms with Crippen LogP contribution in [0.5, 0.6) is 0 Å². The van der Waals surface area contributed by atoms with Gasteiger partial charge in [-0.25, -0.2) is 9.59 Å². The molecule has 1 amide bonds. The minimum atomic E-state index is -1.19. The number of aromatic nitrogens is 1. The van der Waals surface area contributed by atoms with Crippen LogP contribution in [0.2, 0.25) is 0 Å². The predicted molar refractivity (Wildman–Crippen MR) is 128 cm³/mol. The summed E-state index contributed by atoms with van der Waals surface area (Å²) in [6, 6.07) is 20.4. The number of methoxy groups -OCH3 is 2. The van der Waals surface area contributed by atoms with E-state index >= 15 is 0 Å². The molecule has 8 heteroatoms. The van der Waals surface area contributed by atoms with Gasteiger partial charge >= 0.3 is 11.9 Å². The van der Waals surface area contributed by atoms with Gasteiger partial charge in [-0.15, -0.1) is 0 Å². The van der Waals surface area contributed by atoms with Gasteiger partial charge in [0.05, 0.1) is 25.3 Å². The van der Waals surface area contributed by atoms with Crippen molar-refractivity contribution in [3.63, 3.8) is 0 Å². The van der Waals surface area contributed by atoms with E-state index in [2.05, 4.69) is 5.32 Å². The molecule has 1 atom stereocenters. The number of amides is 1. The standard InChI is InChI=1S/C27H22N2O6/c1-34-26(32)21-14-13-19(22(27(33)35-2)28-24(30)17-9-5-3-6-10-17)20-15-16-29(23(20)21)25(31)18-11-7-4-8-12-18/h3-16,22H,1-2H3,(H,28,30). The second kappa shape index (κ2) is 10.0. The monoisotopic (exact) mass is 470 g/mol. The van der Waals surface area contributed by atoms with E-state index in [0.717, 1.165) is 0 Å². The molecular weight excluding hydrogens is 448 g/mol. The number of rotatable bonds is 6. The lowest BCUT2D eigenvalue weighted by atomic mass is 9.98. The molecule has 4 rings (SSSR count). The molecule has 0 radical (unpaired) electrons. The van der Waals surface area contributed by atoms with Crippen molar-refractivity contribution < 1.29 is 28.7 Å². The fourth-order valence-corrected chi connectivity index (χ4v) is 3.88. The third-order valence-electron chi connectivity index (χ3n) is 5.59. The van der Waals surface area contributed by atoms with E-state index < -0.39 is 23.9 Å². The molecule has 3 aromatic carbocycles. The zero-order valence-corrected chi connectivity index (χ0v) is 19.1. The maximum atomic E-state index is 13.3. The average Bonchev–Trinajstić information content (AvgIpc) is 3.36. The van der Waals surface area contributed by atoms with Crippen LogP contribution in [0.25, 0.3) is 10.9 Å². The molecule has 35 heavy (non-hydrogen) atoms. The molecule has 0 fully saturated rings. The minimum Gasteiger partial charge on any atom is -0.467 e. The van der Waals surface area contributed by atoms with Crippen molar-refractivity contribution in [1.82, 2.24) is 9.88 Å². The lowest BCUT2D eigenvalue weighted by Crippen LogP contribution is -2.34. The Labute approximate surface area is 201 Å². The highest BCUT2D eigenvalue weighted by Crippen LogP contribution is 2.30. The number of nitrogens with zero attached hydrogens (tertiary/aromatic N) is 1. The van der Waals surface area contributed by atoms with Gasteiger partial charge in [0, 0.05) is 22.7 Å². The van der Waals surface area contributed by atoms with E-state index in [1.165, 1.54) is 31.0 Å². The summed E-state index contributed by atoms with van der Waals surface area (Å²) in [6.45, 7) is 0. The van der Waals surface area contributed by atoms with Crippen molar-refractivity contribution in [2.45, 2.75) is 6.04 Å². The van der Waals surface area contributed by atoms with Gasteiger partial charge in [-0.1, -0.05) is 42.5 Å². The van der Waals surface area contributed by atoms with Crippen molar-refractivity contribution in [3.8, 4) is 0 Å². The van der Waals surface area contributed by atoms with Crippen molar-refractivity contribution >= 4 is 34.7 Å². The Hall–Kier alpha value is -4.72. The van der Waals surface area contributed by atoms with Gasteiger partial charge in [-0.2, -0.15) is 0 Å². The van der Waals surface area contributed by atoms with Gasteiger partial charge in [0.1, 0.15) is 0 Å². The first kappa shape index (κ1) is 23.4. The number of carbonyl (C=O) groups is 4. The molecule has 1 unspecified atom stereocenters. The van der Waals surface area contributed by atoms with E-state index in [-0.39, 0.29) is 17.0 Å². The number of ether oxygens (including phenoxy) is 2. The molecule has 0 aliphatic heterocycles. The zero-order chi connectivity index (χ0) is 24.9. The Morgan fingerprint density at radius 3 is 2.00 bits per heavy atom. The topological polar surface area (TPSA) is 104 Å². The minimum absolute atomic E-state index is 0.138. The Balaban J connectivity index is 1.87. The summed E-state index contributed by atoms with van der Waals surface area (Å²) in [5.41, 5.74) is 1.53. The highest BCUT2D eigenvalue weighted by Gasteiger charge is 2.29. The van der Waals surface area contributed by atoms with Crippen LogP contribution < -0.4 is 5.32 Å². The molecule has 0 saturated carbocycles. The molecule has 0 spiro atoms. The van der Waals surface area contributed by atoms with Crippen molar-refractivity contribution in [2.24, 2.45) is 0 Å². The Morgan fingerprint density at radius 1 is 0.771 bits per heavy atom. The second-order valence-electron chi connectivity index (χ2n) is 7.61. The molecule has 0 aliphatic carbocycles. The third-order valence-corrected chi connectivity index (χ3v) is 5.59. The number of carbonyl (C=O) groups excluding carboxylic acids is 4. The molecule has 1 heterocycles. The number of hydrogen-bond donors (Lipinski definition) is 1.